The second-order valence-corrected chi connectivity index (χ2v) is 8.14. The number of methoxy groups -OCH3 is 1. The number of anilines is 1. The molecule has 31 heavy (non-hydrogen) atoms. The number of fused-ring (bicyclic) bond motifs is 1. The third-order valence-corrected chi connectivity index (χ3v) is 6.29. The highest BCUT2D eigenvalue weighted by atomic mass is 32.1. The first-order valence-corrected chi connectivity index (χ1v) is 10.6. The summed E-state index contributed by atoms with van der Waals surface area (Å²) in [6.07, 6.45) is 3.65. The van der Waals surface area contributed by atoms with Crippen LogP contribution >= 0.6 is 11.3 Å². The van der Waals surface area contributed by atoms with Crippen LogP contribution in [0.5, 0.6) is 5.75 Å². The van der Waals surface area contributed by atoms with Gasteiger partial charge in [-0.2, -0.15) is 0 Å². The van der Waals surface area contributed by atoms with Crippen molar-refractivity contribution in [2.75, 3.05) is 12.8 Å². The highest BCUT2D eigenvalue weighted by molar-refractivity contribution is 7.22. The van der Waals surface area contributed by atoms with Gasteiger partial charge in [-0.3, -0.25) is 4.57 Å². The molecule has 0 amide bonds. The number of imidazole rings is 1. The van der Waals surface area contributed by atoms with Crippen LogP contribution in [0.2, 0.25) is 0 Å². The molecule has 2 aromatic heterocycles. The molecular formula is C24H20N4O2S. The molecule has 0 spiro atoms. The van der Waals surface area contributed by atoms with Crippen molar-refractivity contribution in [1.82, 2.24) is 14.5 Å². The van der Waals surface area contributed by atoms with Gasteiger partial charge >= 0.3 is 0 Å². The van der Waals surface area contributed by atoms with Crippen molar-refractivity contribution in [2.45, 2.75) is 6.61 Å². The first-order chi connectivity index (χ1) is 15.2. The maximum absolute atomic E-state index is 9.49. The molecule has 6 nitrogen and oxygen atoms in total. The molecule has 0 unspecified atom stereocenters. The van der Waals surface area contributed by atoms with E-state index >= 15 is 0 Å². The topological polar surface area (TPSA) is 86.2 Å². The first-order valence-electron chi connectivity index (χ1n) is 9.73. The lowest BCUT2D eigenvalue weighted by Crippen LogP contribution is -1.95. The van der Waals surface area contributed by atoms with E-state index in [-0.39, 0.29) is 6.61 Å². The average Bonchev–Trinajstić information content (AvgIpc) is 3.46. The van der Waals surface area contributed by atoms with Gasteiger partial charge in [-0.15, -0.1) is 11.3 Å². The highest BCUT2D eigenvalue weighted by Gasteiger charge is 2.13. The molecule has 0 aliphatic heterocycles. The lowest BCUT2D eigenvalue weighted by Gasteiger charge is -2.09. The highest BCUT2D eigenvalue weighted by Crippen LogP contribution is 2.37. The molecule has 154 valence electrons. The summed E-state index contributed by atoms with van der Waals surface area (Å²) in [6.45, 7) is -0.0465. The normalized spacial score (nSPS) is 11.2. The van der Waals surface area contributed by atoms with Gasteiger partial charge < -0.3 is 15.6 Å². The van der Waals surface area contributed by atoms with Gasteiger partial charge in [-0.05, 0) is 54.1 Å². The SMILES string of the molecule is COc1cc(CO)cc2nc(-c3ccc(-n4cncc4-c4ccc(N)cc4)cc3)sc12. The van der Waals surface area contributed by atoms with Crippen LogP contribution in [0.4, 0.5) is 5.69 Å². The number of aliphatic hydroxyl groups excluding tert-OH is 1. The molecule has 0 saturated carbocycles. The van der Waals surface area contributed by atoms with Crippen LogP contribution < -0.4 is 10.5 Å². The summed E-state index contributed by atoms with van der Waals surface area (Å²) >= 11 is 1.58. The molecule has 3 N–H and O–H groups in total. The number of rotatable bonds is 5. The minimum Gasteiger partial charge on any atom is -0.495 e. The molecule has 0 saturated heterocycles. The Bertz CT molecular complexity index is 1360. The Morgan fingerprint density at radius 3 is 2.48 bits per heavy atom. The molecular weight excluding hydrogens is 408 g/mol. The minimum absolute atomic E-state index is 0.0465. The van der Waals surface area contributed by atoms with Gasteiger partial charge in [0.15, 0.2) is 0 Å². The smallest absolute Gasteiger partial charge is 0.138 e. The van der Waals surface area contributed by atoms with Crippen molar-refractivity contribution in [1.29, 1.82) is 0 Å². The van der Waals surface area contributed by atoms with Crippen molar-refractivity contribution in [2.24, 2.45) is 0 Å². The van der Waals surface area contributed by atoms with Gasteiger partial charge in [-0.1, -0.05) is 12.1 Å². The van der Waals surface area contributed by atoms with Crippen molar-refractivity contribution >= 4 is 27.2 Å². The average molecular weight is 429 g/mol. The van der Waals surface area contributed by atoms with E-state index in [1.807, 2.05) is 47.2 Å². The van der Waals surface area contributed by atoms with Gasteiger partial charge in [-0.25, -0.2) is 9.97 Å². The van der Waals surface area contributed by atoms with Gasteiger partial charge in [0.2, 0.25) is 0 Å². The lowest BCUT2D eigenvalue weighted by atomic mass is 10.1. The fraction of sp³-hybridized carbons (Fsp3) is 0.0833. The third-order valence-electron chi connectivity index (χ3n) is 5.16. The lowest BCUT2D eigenvalue weighted by molar-refractivity contribution is 0.281. The molecule has 5 rings (SSSR count). The number of aliphatic hydroxyl groups is 1. The number of benzene rings is 3. The van der Waals surface area contributed by atoms with E-state index in [2.05, 4.69) is 29.2 Å². The van der Waals surface area contributed by atoms with E-state index in [1.54, 1.807) is 24.8 Å². The molecule has 0 bridgehead atoms. The third kappa shape index (κ3) is 3.54. The van der Waals surface area contributed by atoms with Crippen LogP contribution in [0, 0.1) is 0 Å². The zero-order valence-corrected chi connectivity index (χ0v) is 17.6. The fourth-order valence-electron chi connectivity index (χ4n) is 3.56. The zero-order chi connectivity index (χ0) is 21.4. The summed E-state index contributed by atoms with van der Waals surface area (Å²) in [5.41, 5.74) is 12.2. The second-order valence-electron chi connectivity index (χ2n) is 7.14. The standard InChI is InChI=1S/C24H20N4O2S/c1-30-22-11-15(13-29)10-20-23(22)31-24(27-20)17-4-8-19(9-5-17)28-14-26-12-21(28)16-2-6-18(25)7-3-16/h2-12,14,29H,13,25H2,1H3. The molecule has 0 fully saturated rings. The molecule has 7 heteroatoms. The Balaban J connectivity index is 1.50. The zero-order valence-electron chi connectivity index (χ0n) is 16.8. The predicted molar refractivity (Wildman–Crippen MR) is 125 cm³/mol. The Hall–Kier alpha value is -3.68. The van der Waals surface area contributed by atoms with Crippen LogP contribution in [0.1, 0.15) is 5.56 Å². The van der Waals surface area contributed by atoms with Crippen LogP contribution in [0.15, 0.2) is 73.2 Å². The van der Waals surface area contributed by atoms with Crippen molar-refractivity contribution in [3.63, 3.8) is 0 Å². The van der Waals surface area contributed by atoms with E-state index in [0.717, 1.165) is 54.7 Å². The maximum atomic E-state index is 9.49. The predicted octanol–water partition coefficient (Wildman–Crippen LogP) is 4.90. The monoisotopic (exact) mass is 428 g/mol. The van der Waals surface area contributed by atoms with Crippen molar-refractivity contribution in [3.8, 4) is 33.3 Å². The molecule has 5 aromatic rings. The van der Waals surface area contributed by atoms with Gasteiger partial charge in [0, 0.05) is 22.5 Å². The maximum Gasteiger partial charge on any atom is 0.138 e. The van der Waals surface area contributed by atoms with E-state index in [0.29, 0.717) is 0 Å². The number of hydrogen-bond donors (Lipinski definition) is 2. The largest absolute Gasteiger partial charge is 0.495 e. The van der Waals surface area contributed by atoms with Gasteiger partial charge in [0.25, 0.3) is 0 Å². The number of thiazole rings is 1. The number of aromatic nitrogens is 3. The van der Waals surface area contributed by atoms with E-state index < -0.39 is 0 Å². The first kappa shape index (κ1) is 19.3. The summed E-state index contributed by atoms with van der Waals surface area (Å²) in [4.78, 5) is 9.09. The van der Waals surface area contributed by atoms with Gasteiger partial charge in [0.1, 0.15) is 10.8 Å². The number of hydrogen-bond acceptors (Lipinski definition) is 6. The van der Waals surface area contributed by atoms with Crippen LogP contribution in [-0.4, -0.2) is 26.8 Å². The molecule has 0 atom stereocenters. The van der Waals surface area contributed by atoms with Crippen LogP contribution in [0.25, 0.3) is 37.7 Å². The number of nitrogens with zero attached hydrogens (tertiary/aromatic N) is 3. The summed E-state index contributed by atoms with van der Waals surface area (Å²) < 4.78 is 8.51. The number of nitrogens with two attached hydrogens (primary N) is 1. The minimum atomic E-state index is -0.0465. The Kier molecular flexibility index (Phi) is 4.89. The summed E-state index contributed by atoms with van der Waals surface area (Å²) in [7, 11) is 1.63. The number of ether oxygens (including phenoxy) is 1. The molecule has 0 radical (unpaired) electrons. The summed E-state index contributed by atoms with van der Waals surface area (Å²) in [5, 5.41) is 10.4. The number of nitrogen functional groups attached to an aromatic ring is 1. The Labute approximate surface area is 183 Å². The quantitative estimate of drug-likeness (QED) is 0.389. The van der Waals surface area contributed by atoms with E-state index in [1.165, 1.54) is 0 Å². The van der Waals surface area contributed by atoms with Gasteiger partial charge in [0.05, 0.1) is 42.2 Å². The Morgan fingerprint density at radius 2 is 1.77 bits per heavy atom. The summed E-state index contributed by atoms with van der Waals surface area (Å²) in [5.74, 6) is 0.730. The van der Waals surface area contributed by atoms with Crippen molar-refractivity contribution in [3.05, 3.63) is 78.8 Å². The van der Waals surface area contributed by atoms with Crippen LogP contribution in [0.3, 0.4) is 0 Å². The van der Waals surface area contributed by atoms with Crippen LogP contribution in [-0.2, 0) is 6.61 Å². The summed E-state index contributed by atoms with van der Waals surface area (Å²) in [6, 6.07) is 19.7. The van der Waals surface area contributed by atoms with E-state index in [9.17, 15) is 5.11 Å². The molecule has 0 aliphatic carbocycles. The van der Waals surface area contributed by atoms with Crippen molar-refractivity contribution < 1.29 is 9.84 Å². The second kappa shape index (κ2) is 7.86. The molecule has 0 aliphatic rings. The molecule has 3 aromatic carbocycles. The van der Waals surface area contributed by atoms with E-state index in [4.69, 9.17) is 15.5 Å². The molecule has 2 heterocycles. The fourth-order valence-corrected chi connectivity index (χ4v) is 4.60. The Morgan fingerprint density at radius 1 is 1.03 bits per heavy atom.